The fourth-order valence-electron chi connectivity index (χ4n) is 1.22. The molecular weight excluding hydrogens is 218 g/mol. The van der Waals surface area contributed by atoms with E-state index in [1.165, 1.54) is 5.56 Å². The van der Waals surface area contributed by atoms with Crippen molar-refractivity contribution in [1.29, 1.82) is 0 Å². The lowest BCUT2D eigenvalue weighted by molar-refractivity contribution is 1.36. The van der Waals surface area contributed by atoms with E-state index < -0.39 is 0 Å². The second-order valence-electron chi connectivity index (χ2n) is 3.01. The molecule has 0 atom stereocenters. The van der Waals surface area contributed by atoms with Crippen LogP contribution in [0.1, 0.15) is 5.56 Å². The van der Waals surface area contributed by atoms with Crippen LogP contribution >= 0.6 is 11.3 Å². The number of rotatable bonds is 0. The summed E-state index contributed by atoms with van der Waals surface area (Å²) in [7, 11) is 0. The second-order valence-corrected chi connectivity index (χ2v) is 3.77. The largest absolute Gasteiger partial charge is 0.278 e. The van der Waals surface area contributed by atoms with Gasteiger partial charge >= 0.3 is 0 Å². The molecule has 0 saturated carbocycles. The lowest BCUT2D eigenvalue weighted by Gasteiger charge is -2.00. The van der Waals surface area contributed by atoms with Crippen LogP contribution in [0.5, 0.6) is 0 Å². The normalized spacial score (nSPS) is 11.8. The highest BCUT2D eigenvalue weighted by atomic mass is 32.1. The fourth-order valence-corrected chi connectivity index (χ4v) is 1.57. The number of nitrogens with one attached hydrogen (secondary N) is 1. The molecule has 2 aromatic rings. The first-order valence-electron chi connectivity index (χ1n) is 4.84. The van der Waals surface area contributed by atoms with Gasteiger partial charge in [0, 0.05) is 17.8 Å². The predicted octanol–water partition coefficient (Wildman–Crippen LogP) is 3.25. The van der Waals surface area contributed by atoms with Crippen LogP contribution in [-0.2, 0) is 0 Å². The number of fused-ring (bicyclic) bond motifs is 1. The molecule has 2 heterocycles. The summed E-state index contributed by atoms with van der Waals surface area (Å²) in [4.78, 5) is 3.74. The summed E-state index contributed by atoms with van der Waals surface area (Å²) in [5, 5.41) is 5.88. The zero-order valence-electron chi connectivity index (χ0n) is 8.58. The van der Waals surface area contributed by atoms with E-state index in [0.29, 0.717) is 0 Å². The minimum absolute atomic E-state index is 1.05. The number of hydrogen-bond donors (Lipinski definition) is 1. The molecule has 1 aromatic heterocycles. The van der Waals surface area contributed by atoms with E-state index >= 15 is 0 Å². The molecule has 0 aliphatic carbocycles. The highest BCUT2D eigenvalue weighted by molar-refractivity contribution is 7.07. The van der Waals surface area contributed by atoms with Gasteiger partial charge in [0.25, 0.3) is 0 Å². The van der Waals surface area contributed by atoms with Gasteiger partial charge < -0.3 is 0 Å². The van der Waals surface area contributed by atoms with Crippen LogP contribution in [0.15, 0.2) is 52.5 Å². The molecule has 1 aromatic carbocycles. The molecule has 0 amide bonds. The van der Waals surface area contributed by atoms with Crippen LogP contribution in [0, 0.1) is 0 Å². The van der Waals surface area contributed by atoms with Crippen molar-refractivity contribution < 1.29 is 0 Å². The Labute approximate surface area is 98.2 Å². The Morgan fingerprint density at radius 3 is 2.88 bits per heavy atom. The predicted molar refractivity (Wildman–Crippen MR) is 69.7 cm³/mol. The lowest BCUT2D eigenvalue weighted by atomic mass is 10.2. The zero-order chi connectivity index (χ0) is 11.1. The average Bonchev–Trinajstić information content (AvgIpc) is 2.81. The minimum atomic E-state index is 1.05. The number of anilines is 1. The van der Waals surface area contributed by atoms with Crippen LogP contribution in [0.2, 0.25) is 0 Å². The molecule has 3 rings (SSSR count). The topological polar surface area (TPSA) is 37.3 Å². The summed E-state index contributed by atoms with van der Waals surface area (Å²) in [5.41, 5.74) is 6.95. The smallest absolute Gasteiger partial charge is 0.0791 e. The van der Waals surface area contributed by atoms with Gasteiger partial charge in [-0.1, -0.05) is 24.3 Å². The van der Waals surface area contributed by atoms with Crippen molar-refractivity contribution in [1.82, 2.24) is 4.98 Å². The van der Waals surface area contributed by atoms with Gasteiger partial charge in [0.05, 0.1) is 11.2 Å². The van der Waals surface area contributed by atoms with E-state index in [4.69, 9.17) is 0 Å². The Hall–Kier alpha value is -1.94. The van der Waals surface area contributed by atoms with Crippen molar-refractivity contribution in [2.24, 2.45) is 5.10 Å². The maximum atomic E-state index is 3.95. The second kappa shape index (κ2) is 5.82. The van der Waals surface area contributed by atoms with Crippen molar-refractivity contribution in [2.75, 3.05) is 5.43 Å². The Balaban J connectivity index is 0.000000162. The van der Waals surface area contributed by atoms with Crippen LogP contribution < -0.4 is 5.43 Å². The molecule has 16 heavy (non-hydrogen) atoms. The summed E-state index contributed by atoms with van der Waals surface area (Å²) in [6, 6.07) is 8.05. The van der Waals surface area contributed by atoms with Crippen molar-refractivity contribution in [2.45, 2.75) is 0 Å². The lowest BCUT2D eigenvalue weighted by Crippen LogP contribution is -1.87. The number of benzene rings is 1. The summed E-state index contributed by atoms with van der Waals surface area (Å²) in [5.74, 6) is 0. The van der Waals surface area contributed by atoms with Gasteiger partial charge in [0.2, 0.25) is 0 Å². The first-order valence-corrected chi connectivity index (χ1v) is 5.78. The maximum Gasteiger partial charge on any atom is 0.0791 e. The van der Waals surface area contributed by atoms with E-state index in [2.05, 4.69) is 15.5 Å². The number of hydrazone groups is 1. The zero-order valence-corrected chi connectivity index (χ0v) is 9.39. The summed E-state index contributed by atoms with van der Waals surface area (Å²) >= 11 is 1.60. The highest BCUT2D eigenvalue weighted by Gasteiger charge is 1.96. The molecule has 1 aliphatic rings. The third-order valence-electron chi connectivity index (χ3n) is 1.93. The summed E-state index contributed by atoms with van der Waals surface area (Å²) in [6.07, 6.45) is 7.45. The molecule has 3 nitrogen and oxygen atoms in total. The van der Waals surface area contributed by atoms with E-state index in [0.717, 1.165) is 5.69 Å². The van der Waals surface area contributed by atoms with Crippen molar-refractivity contribution in [3.63, 3.8) is 0 Å². The Morgan fingerprint density at radius 1 is 1.19 bits per heavy atom. The molecule has 0 radical (unpaired) electrons. The van der Waals surface area contributed by atoms with Crippen LogP contribution in [0.25, 0.3) is 6.08 Å². The van der Waals surface area contributed by atoms with Crippen LogP contribution in [0.3, 0.4) is 0 Å². The number of thiazole rings is 1. The SMILES string of the molecule is C1=Cc2ccccc2NN=C1.c1cscn1. The number of hydrogen-bond acceptors (Lipinski definition) is 4. The molecule has 0 fully saturated rings. The monoisotopic (exact) mass is 229 g/mol. The quantitative estimate of drug-likeness (QED) is 0.753. The summed E-state index contributed by atoms with van der Waals surface area (Å²) in [6.45, 7) is 0. The van der Waals surface area contributed by atoms with Gasteiger partial charge in [-0.05, 0) is 17.7 Å². The standard InChI is InChI=1S/C9H8N2.C3H3NS/c1-2-6-9-8(4-1)5-3-7-10-11-9;1-2-5-3-4-1/h1-7,11H;1-3H. The minimum Gasteiger partial charge on any atom is -0.278 e. The van der Waals surface area contributed by atoms with Crippen molar-refractivity contribution >= 4 is 29.3 Å². The molecule has 4 heteroatoms. The molecule has 0 spiro atoms. The third-order valence-corrected chi connectivity index (χ3v) is 2.45. The van der Waals surface area contributed by atoms with Gasteiger partial charge in [0.15, 0.2) is 0 Å². The molecule has 1 aliphatic heterocycles. The molecule has 80 valence electrons. The molecule has 0 saturated heterocycles. The molecule has 0 unspecified atom stereocenters. The third kappa shape index (κ3) is 3.03. The van der Waals surface area contributed by atoms with Crippen molar-refractivity contribution in [3.8, 4) is 0 Å². The first-order chi connectivity index (χ1) is 7.97. The van der Waals surface area contributed by atoms with Crippen LogP contribution in [-0.4, -0.2) is 11.2 Å². The van der Waals surface area contributed by atoms with Gasteiger partial charge in [-0.2, -0.15) is 5.10 Å². The highest BCUT2D eigenvalue weighted by Crippen LogP contribution is 2.17. The number of para-hydroxylation sites is 1. The Bertz CT molecular complexity index is 458. The first kappa shape index (κ1) is 10.6. The van der Waals surface area contributed by atoms with E-state index in [9.17, 15) is 0 Å². The van der Waals surface area contributed by atoms with Gasteiger partial charge in [-0.3, -0.25) is 10.4 Å². The molecule has 1 N–H and O–H groups in total. The molecular formula is C12H11N3S. The van der Waals surface area contributed by atoms with Crippen LogP contribution in [0.4, 0.5) is 5.69 Å². The Kier molecular flexibility index (Phi) is 3.85. The van der Waals surface area contributed by atoms with Gasteiger partial charge in [-0.15, -0.1) is 11.3 Å². The van der Waals surface area contributed by atoms with Gasteiger partial charge in [0.1, 0.15) is 0 Å². The number of nitrogens with zero attached hydrogens (tertiary/aromatic N) is 2. The van der Waals surface area contributed by atoms with Gasteiger partial charge in [-0.25, -0.2) is 0 Å². The number of allylic oxidation sites excluding steroid dienone is 1. The summed E-state index contributed by atoms with van der Waals surface area (Å²) < 4.78 is 0. The Morgan fingerprint density at radius 2 is 2.12 bits per heavy atom. The average molecular weight is 229 g/mol. The maximum absolute atomic E-state index is 3.95. The van der Waals surface area contributed by atoms with E-state index in [1.807, 2.05) is 41.8 Å². The fraction of sp³-hybridized carbons (Fsp3) is 0. The van der Waals surface area contributed by atoms with Crippen molar-refractivity contribution in [3.05, 3.63) is 53.0 Å². The van der Waals surface area contributed by atoms with E-state index in [-0.39, 0.29) is 0 Å². The number of aromatic nitrogens is 1. The molecule has 0 bridgehead atoms. The van der Waals surface area contributed by atoms with E-state index in [1.54, 1.807) is 29.3 Å².